The van der Waals surface area contributed by atoms with E-state index >= 15 is 0 Å². The molecular weight excluding hydrogens is 254 g/mol. The molecule has 3 heteroatoms. The first-order valence-corrected chi connectivity index (χ1v) is 8.65. The van der Waals surface area contributed by atoms with Crippen molar-refractivity contribution in [2.45, 2.75) is 45.4 Å². The number of nitrogens with one attached hydrogen (secondary N) is 1. The minimum absolute atomic E-state index is 0.169. The third-order valence-corrected chi connectivity index (χ3v) is 5.51. The number of hydrogen-bond donors (Lipinski definition) is 1. The minimum atomic E-state index is -0.782. The Bertz CT molecular complexity index is 378. The summed E-state index contributed by atoms with van der Waals surface area (Å²) in [6, 6.07) is 10.6. The summed E-state index contributed by atoms with van der Waals surface area (Å²) in [5.74, 6) is 1.19. The van der Waals surface area contributed by atoms with Crippen LogP contribution in [0.15, 0.2) is 30.3 Å². The van der Waals surface area contributed by atoms with Gasteiger partial charge in [0.1, 0.15) is 0 Å². The van der Waals surface area contributed by atoms with Crippen molar-refractivity contribution in [3.8, 4) is 0 Å². The summed E-state index contributed by atoms with van der Waals surface area (Å²) in [7, 11) is -0.782. The summed E-state index contributed by atoms with van der Waals surface area (Å²) in [5, 5.41) is 3.70. The standard InChI is InChI=1S/C16H27NOS/c1-5-12-19(18)16(13(3)4)15(17-6-2)14-10-8-7-9-11-14/h7-11,13,15-17H,5-6,12H2,1-4H3. The van der Waals surface area contributed by atoms with Crippen molar-refractivity contribution >= 4 is 10.8 Å². The van der Waals surface area contributed by atoms with E-state index in [0.29, 0.717) is 5.92 Å². The van der Waals surface area contributed by atoms with Crippen LogP contribution in [0.4, 0.5) is 0 Å². The van der Waals surface area contributed by atoms with Gasteiger partial charge in [-0.05, 0) is 24.4 Å². The highest BCUT2D eigenvalue weighted by atomic mass is 32.2. The molecule has 2 nitrogen and oxygen atoms in total. The third-order valence-electron chi connectivity index (χ3n) is 3.28. The second kappa shape index (κ2) is 8.49. The molecule has 0 aliphatic heterocycles. The number of benzene rings is 1. The van der Waals surface area contributed by atoms with Crippen molar-refractivity contribution in [3.63, 3.8) is 0 Å². The fourth-order valence-electron chi connectivity index (χ4n) is 2.48. The summed E-state index contributed by atoms with van der Waals surface area (Å²) < 4.78 is 12.5. The van der Waals surface area contributed by atoms with Crippen molar-refractivity contribution in [3.05, 3.63) is 35.9 Å². The van der Waals surface area contributed by atoms with E-state index in [1.54, 1.807) is 0 Å². The molecule has 0 heterocycles. The minimum Gasteiger partial charge on any atom is -0.309 e. The molecule has 0 amide bonds. The lowest BCUT2D eigenvalue weighted by Crippen LogP contribution is -2.39. The van der Waals surface area contributed by atoms with Crippen LogP contribution in [-0.4, -0.2) is 21.8 Å². The van der Waals surface area contributed by atoms with Gasteiger partial charge in [-0.2, -0.15) is 0 Å². The SMILES string of the molecule is CCCS(=O)C(C(C)C)C(NCC)c1ccccc1. The average Bonchev–Trinajstić information content (AvgIpc) is 2.39. The maximum absolute atomic E-state index is 12.5. The molecule has 0 bridgehead atoms. The molecule has 0 aliphatic rings. The molecule has 0 aliphatic carbocycles. The van der Waals surface area contributed by atoms with Crippen molar-refractivity contribution < 1.29 is 4.21 Å². The van der Waals surface area contributed by atoms with Crippen LogP contribution in [0.5, 0.6) is 0 Å². The molecular formula is C16H27NOS. The molecule has 0 saturated carbocycles. The monoisotopic (exact) mass is 281 g/mol. The molecule has 1 rings (SSSR count). The Labute approximate surface area is 120 Å². The molecule has 0 spiro atoms. The van der Waals surface area contributed by atoms with Crippen LogP contribution in [0.2, 0.25) is 0 Å². The van der Waals surface area contributed by atoms with Crippen molar-refractivity contribution in [1.82, 2.24) is 5.32 Å². The van der Waals surface area contributed by atoms with Gasteiger partial charge in [0.15, 0.2) is 0 Å². The summed E-state index contributed by atoms with van der Waals surface area (Å²) in [4.78, 5) is 0. The summed E-state index contributed by atoms with van der Waals surface area (Å²) in [6.07, 6.45) is 0.976. The van der Waals surface area contributed by atoms with Crippen LogP contribution in [0.25, 0.3) is 0 Å². The Balaban J connectivity index is 3.02. The average molecular weight is 281 g/mol. The Morgan fingerprint density at radius 3 is 2.26 bits per heavy atom. The van der Waals surface area contributed by atoms with Crippen LogP contribution < -0.4 is 5.32 Å². The molecule has 0 saturated heterocycles. The van der Waals surface area contributed by atoms with Gasteiger partial charge < -0.3 is 5.32 Å². The van der Waals surface area contributed by atoms with Crippen LogP contribution in [0.1, 0.15) is 45.7 Å². The second-order valence-electron chi connectivity index (χ2n) is 5.24. The van der Waals surface area contributed by atoms with E-state index in [1.165, 1.54) is 5.56 Å². The smallest absolute Gasteiger partial charge is 0.0565 e. The number of rotatable bonds is 8. The summed E-state index contributed by atoms with van der Waals surface area (Å²) in [6.45, 7) is 9.44. The molecule has 19 heavy (non-hydrogen) atoms. The zero-order valence-corrected chi connectivity index (χ0v) is 13.4. The lowest BCUT2D eigenvalue weighted by atomic mass is 9.96. The molecule has 3 unspecified atom stereocenters. The number of hydrogen-bond acceptors (Lipinski definition) is 2. The van der Waals surface area contributed by atoms with E-state index < -0.39 is 10.8 Å². The summed E-state index contributed by atoms with van der Waals surface area (Å²) >= 11 is 0. The predicted octanol–water partition coefficient (Wildman–Crippen LogP) is 3.52. The van der Waals surface area contributed by atoms with Gasteiger partial charge in [0.25, 0.3) is 0 Å². The van der Waals surface area contributed by atoms with Gasteiger partial charge in [0, 0.05) is 22.6 Å². The normalized spacial score (nSPS) is 16.3. The van der Waals surface area contributed by atoms with Crippen molar-refractivity contribution in [1.29, 1.82) is 0 Å². The van der Waals surface area contributed by atoms with Gasteiger partial charge in [0.05, 0.1) is 5.25 Å². The van der Waals surface area contributed by atoms with Crippen molar-refractivity contribution in [2.24, 2.45) is 5.92 Å². The summed E-state index contributed by atoms with van der Waals surface area (Å²) in [5.41, 5.74) is 1.24. The first kappa shape index (κ1) is 16.4. The van der Waals surface area contributed by atoms with E-state index in [1.807, 2.05) is 6.07 Å². The third kappa shape index (κ3) is 4.73. The Morgan fingerprint density at radius 1 is 1.16 bits per heavy atom. The maximum atomic E-state index is 12.5. The van der Waals surface area contributed by atoms with E-state index in [-0.39, 0.29) is 11.3 Å². The van der Waals surface area contributed by atoms with Crippen LogP contribution in [-0.2, 0) is 10.8 Å². The fraction of sp³-hybridized carbons (Fsp3) is 0.625. The second-order valence-corrected chi connectivity index (χ2v) is 6.95. The fourth-order valence-corrected chi connectivity index (χ4v) is 4.32. The molecule has 0 radical (unpaired) electrons. The molecule has 3 atom stereocenters. The predicted molar refractivity (Wildman–Crippen MR) is 84.8 cm³/mol. The van der Waals surface area contributed by atoms with E-state index in [0.717, 1.165) is 18.7 Å². The molecule has 1 aromatic rings. The molecule has 1 N–H and O–H groups in total. The van der Waals surface area contributed by atoms with Crippen LogP contribution in [0, 0.1) is 5.92 Å². The largest absolute Gasteiger partial charge is 0.309 e. The first-order chi connectivity index (χ1) is 9.11. The van der Waals surface area contributed by atoms with Gasteiger partial charge in [-0.3, -0.25) is 4.21 Å². The highest BCUT2D eigenvalue weighted by Gasteiger charge is 2.29. The van der Waals surface area contributed by atoms with Gasteiger partial charge >= 0.3 is 0 Å². The lowest BCUT2D eigenvalue weighted by Gasteiger charge is -2.30. The zero-order valence-electron chi connectivity index (χ0n) is 12.6. The quantitative estimate of drug-likeness (QED) is 0.790. The maximum Gasteiger partial charge on any atom is 0.0565 e. The molecule has 0 aromatic heterocycles. The molecule has 1 aromatic carbocycles. The molecule has 108 valence electrons. The Kier molecular flexibility index (Phi) is 7.32. The van der Waals surface area contributed by atoms with Gasteiger partial charge in [-0.25, -0.2) is 0 Å². The van der Waals surface area contributed by atoms with E-state index in [4.69, 9.17) is 0 Å². The highest BCUT2D eigenvalue weighted by Crippen LogP contribution is 2.26. The van der Waals surface area contributed by atoms with E-state index in [9.17, 15) is 4.21 Å². The van der Waals surface area contributed by atoms with Gasteiger partial charge in [0.2, 0.25) is 0 Å². The van der Waals surface area contributed by atoms with Crippen LogP contribution >= 0.6 is 0 Å². The van der Waals surface area contributed by atoms with Crippen molar-refractivity contribution in [2.75, 3.05) is 12.3 Å². The lowest BCUT2D eigenvalue weighted by molar-refractivity contribution is 0.443. The topological polar surface area (TPSA) is 29.1 Å². The molecule has 0 fully saturated rings. The Hall–Kier alpha value is -0.670. The highest BCUT2D eigenvalue weighted by molar-refractivity contribution is 7.85. The first-order valence-electron chi connectivity index (χ1n) is 7.27. The zero-order chi connectivity index (χ0) is 14.3. The van der Waals surface area contributed by atoms with Gasteiger partial charge in [-0.1, -0.05) is 58.0 Å². The van der Waals surface area contributed by atoms with Gasteiger partial charge in [-0.15, -0.1) is 0 Å². The van der Waals surface area contributed by atoms with E-state index in [2.05, 4.69) is 57.3 Å². The van der Waals surface area contributed by atoms with Crippen LogP contribution in [0.3, 0.4) is 0 Å². The Morgan fingerprint density at radius 2 is 1.79 bits per heavy atom.